The summed E-state index contributed by atoms with van der Waals surface area (Å²) in [5.74, 6) is -2.61. The Morgan fingerprint density at radius 2 is 1.66 bits per heavy atom. The number of piperidine rings is 1. The first kappa shape index (κ1) is 27.8. The maximum absolute atomic E-state index is 13.6. The molecule has 2 aliphatic heterocycles. The molecular formula is C28H36N2O8. The minimum Gasteiger partial charge on any atom is -0.493 e. The molecular weight excluding hydrogens is 492 g/mol. The maximum atomic E-state index is 13.6. The number of nitrogens with zero attached hydrogens (tertiary/aromatic N) is 2. The quantitative estimate of drug-likeness (QED) is 0.358. The molecule has 1 atom stereocenters. The Morgan fingerprint density at radius 3 is 2.29 bits per heavy atom. The molecule has 2 fully saturated rings. The van der Waals surface area contributed by atoms with Crippen LogP contribution >= 0.6 is 0 Å². The van der Waals surface area contributed by atoms with Gasteiger partial charge in [0.15, 0.2) is 0 Å². The number of aliphatic hydroxyl groups is 1. The van der Waals surface area contributed by atoms with Crippen LogP contribution in [0.2, 0.25) is 0 Å². The lowest BCUT2D eigenvalue weighted by molar-refractivity contribution is -0.155. The monoisotopic (exact) mass is 528 g/mol. The first-order valence-corrected chi connectivity index (χ1v) is 13.4. The van der Waals surface area contributed by atoms with E-state index in [1.807, 2.05) is 0 Å². The fraction of sp³-hybridized carbons (Fsp3) is 0.607. The van der Waals surface area contributed by atoms with E-state index in [9.17, 15) is 24.0 Å². The summed E-state index contributed by atoms with van der Waals surface area (Å²) >= 11 is 0. The van der Waals surface area contributed by atoms with Crippen LogP contribution in [0.25, 0.3) is 0 Å². The van der Waals surface area contributed by atoms with Crippen LogP contribution in [0.3, 0.4) is 0 Å². The minimum absolute atomic E-state index is 0.0120. The highest BCUT2D eigenvalue weighted by atomic mass is 16.6. The average molecular weight is 529 g/mol. The van der Waals surface area contributed by atoms with Gasteiger partial charge in [-0.1, -0.05) is 31.7 Å². The average Bonchev–Trinajstić information content (AvgIpc) is 3.58. The molecule has 3 aliphatic rings. The first-order valence-electron chi connectivity index (χ1n) is 13.4. The van der Waals surface area contributed by atoms with Gasteiger partial charge in [0.25, 0.3) is 17.7 Å². The van der Waals surface area contributed by atoms with Crippen molar-refractivity contribution in [1.82, 2.24) is 9.80 Å². The summed E-state index contributed by atoms with van der Waals surface area (Å²) < 4.78 is 11.2. The molecule has 10 nitrogen and oxygen atoms in total. The number of carbonyl (C=O) groups is 5. The molecule has 1 aliphatic carbocycles. The van der Waals surface area contributed by atoms with Crippen LogP contribution < -0.4 is 4.74 Å². The second kappa shape index (κ2) is 10.8. The van der Waals surface area contributed by atoms with Crippen molar-refractivity contribution < 1.29 is 38.6 Å². The van der Waals surface area contributed by atoms with E-state index in [-0.39, 0.29) is 29.9 Å². The van der Waals surface area contributed by atoms with Gasteiger partial charge < -0.3 is 14.6 Å². The van der Waals surface area contributed by atoms with Crippen molar-refractivity contribution in [3.8, 4) is 5.75 Å². The number of amides is 5. The van der Waals surface area contributed by atoms with E-state index in [1.54, 1.807) is 32.9 Å². The standard InChI is InChI=1S/C28H36N2O8/c1-27(2,3)38-26(36)30-23(33)19(17-28(13-14-28)25(30)35)29-22(32)18-11-10-12-20(21(18)24(29)34)37-16-9-7-5-4-6-8-15-31/h10-12,19,31H,4-9,13-17H2,1-3H3. The van der Waals surface area contributed by atoms with Gasteiger partial charge in [0.2, 0.25) is 5.91 Å². The van der Waals surface area contributed by atoms with E-state index in [4.69, 9.17) is 14.6 Å². The van der Waals surface area contributed by atoms with Crippen molar-refractivity contribution in [2.24, 2.45) is 5.41 Å². The normalized spacial score (nSPS) is 20.3. The first-order chi connectivity index (χ1) is 18.0. The zero-order valence-electron chi connectivity index (χ0n) is 22.3. The number of likely N-dealkylation sites (tertiary alicyclic amines) is 1. The molecule has 1 unspecified atom stereocenters. The Hall–Kier alpha value is -3.27. The number of ether oxygens (including phenoxy) is 2. The van der Waals surface area contributed by atoms with Crippen molar-refractivity contribution >= 4 is 29.7 Å². The zero-order valence-corrected chi connectivity index (χ0v) is 22.3. The lowest BCUT2D eigenvalue weighted by Crippen LogP contribution is -2.61. The SMILES string of the molecule is CC(C)(C)OC(=O)N1C(=O)C(N2C(=O)c3cccc(OCCCCCCCCO)c3C2=O)CC2(CC2)C1=O. The third-order valence-electron chi connectivity index (χ3n) is 7.21. The molecule has 5 amide bonds. The second-order valence-corrected chi connectivity index (χ2v) is 11.3. The van der Waals surface area contributed by atoms with Gasteiger partial charge in [-0.3, -0.25) is 24.1 Å². The summed E-state index contributed by atoms with van der Waals surface area (Å²) in [6, 6.07) is 3.47. The van der Waals surface area contributed by atoms with Crippen LogP contribution in [0, 0.1) is 5.41 Å². The molecule has 0 radical (unpaired) electrons. The number of unbranched alkanes of at least 4 members (excludes halogenated alkanes) is 5. The fourth-order valence-corrected chi connectivity index (χ4v) is 5.06. The summed E-state index contributed by atoms with van der Waals surface area (Å²) in [6.07, 6.45) is 5.35. The number of aliphatic hydroxyl groups excluding tert-OH is 1. The van der Waals surface area contributed by atoms with Gasteiger partial charge >= 0.3 is 6.09 Å². The molecule has 0 bridgehead atoms. The molecule has 1 spiro atoms. The zero-order chi connectivity index (χ0) is 27.7. The molecule has 10 heteroatoms. The molecule has 0 aromatic heterocycles. The number of hydrogen-bond acceptors (Lipinski definition) is 8. The summed E-state index contributed by atoms with van der Waals surface area (Å²) in [5, 5.41) is 8.85. The van der Waals surface area contributed by atoms with E-state index >= 15 is 0 Å². The number of fused-ring (bicyclic) bond motifs is 1. The lowest BCUT2D eigenvalue weighted by atomic mass is 9.89. The second-order valence-electron chi connectivity index (χ2n) is 11.3. The Bertz CT molecular complexity index is 1130. The van der Waals surface area contributed by atoms with Gasteiger partial charge in [0.05, 0.1) is 23.1 Å². The van der Waals surface area contributed by atoms with Crippen LogP contribution in [0.15, 0.2) is 18.2 Å². The van der Waals surface area contributed by atoms with Crippen molar-refractivity contribution in [2.75, 3.05) is 13.2 Å². The van der Waals surface area contributed by atoms with Gasteiger partial charge in [-0.2, -0.15) is 4.90 Å². The molecule has 38 heavy (non-hydrogen) atoms. The van der Waals surface area contributed by atoms with Crippen molar-refractivity contribution in [3.63, 3.8) is 0 Å². The highest BCUT2D eigenvalue weighted by molar-refractivity contribution is 6.25. The highest BCUT2D eigenvalue weighted by Gasteiger charge is 2.63. The fourth-order valence-electron chi connectivity index (χ4n) is 5.06. The Labute approximate surface area is 222 Å². The van der Waals surface area contributed by atoms with Crippen LogP contribution in [0.1, 0.15) is 99.3 Å². The van der Waals surface area contributed by atoms with Gasteiger partial charge in [-0.05, 0) is 65.0 Å². The van der Waals surface area contributed by atoms with Crippen molar-refractivity contribution in [1.29, 1.82) is 0 Å². The Morgan fingerprint density at radius 1 is 1.00 bits per heavy atom. The van der Waals surface area contributed by atoms with E-state index in [2.05, 4.69) is 0 Å². The van der Waals surface area contributed by atoms with E-state index < -0.39 is 46.8 Å². The molecule has 2 heterocycles. The lowest BCUT2D eigenvalue weighted by Gasteiger charge is -2.38. The maximum Gasteiger partial charge on any atom is 0.424 e. The Balaban J connectivity index is 1.49. The molecule has 1 saturated heterocycles. The number of rotatable bonds is 10. The van der Waals surface area contributed by atoms with Gasteiger partial charge in [-0.25, -0.2) is 4.79 Å². The molecule has 1 N–H and O–H groups in total. The molecule has 206 valence electrons. The van der Waals surface area contributed by atoms with Crippen molar-refractivity contribution in [3.05, 3.63) is 29.3 Å². The molecule has 1 aromatic rings. The highest BCUT2D eigenvalue weighted by Crippen LogP contribution is 2.54. The number of carbonyl (C=O) groups excluding carboxylic acids is 5. The van der Waals surface area contributed by atoms with Crippen LogP contribution in [-0.4, -0.2) is 69.5 Å². The van der Waals surface area contributed by atoms with Gasteiger partial charge in [0.1, 0.15) is 17.4 Å². The molecule has 1 saturated carbocycles. The van der Waals surface area contributed by atoms with Crippen LogP contribution in [0.5, 0.6) is 5.75 Å². The Kier molecular flexibility index (Phi) is 7.92. The van der Waals surface area contributed by atoms with Crippen molar-refractivity contribution in [2.45, 2.75) is 90.2 Å². The number of benzene rings is 1. The number of imide groups is 4. The summed E-state index contributed by atoms with van der Waals surface area (Å²) in [6.45, 7) is 5.44. The van der Waals surface area contributed by atoms with Gasteiger partial charge in [0, 0.05) is 6.61 Å². The topological polar surface area (TPSA) is 131 Å². The molecule has 1 aromatic carbocycles. The summed E-state index contributed by atoms with van der Waals surface area (Å²) in [7, 11) is 0. The smallest absolute Gasteiger partial charge is 0.424 e. The van der Waals surface area contributed by atoms with Crippen LogP contribution in [-0.2, 0) is 14.3 Å². The van der Waals surface area contributed by atoms with E-state index in [0.29, 0.717) is 24.3 Å². The van der Waals surface area contributed by atoms with Gasteiger partial charge in [-0.15, -0.1) is 0 Å². The third-order valence-corrected chi connectivity index (χ3v) is 7.21. The number of hydrogen-bond donors (Lipinski definition) is 1. The van der Waals surface area contributed by atoms with Crippen LogP contribution in [0.4, 0.5) is 4.79 Å². The predicted molar refractivity (Wildman–Crippen MR) is 135 cm³/mol. The minimum atomic E-state index is -1.29. The summed E-state index contributed by atoms with van der Waals surface area (Å²) in [5.41, 5.74) is -1.67. The molecule has 4 rings (SSSR count). The third kappa shape index (κ3) is 5.45. The van der Waals surface area contributed by atoms with E-state index in [1.165, 1.54) is 6.07 Å². The van der Waals surface area contributed by atoms with E-state index in [0.717, 1.165) is 43.4 Å². The summed E-state index contributed by atoms with van der Waals surface area (Å²) in [4.78, 5) is 67.7. The predicted octanol–water partition coefficient (Wildman–Crippen LogP) is 3.84. The largest absolute Gasteiger partial charge is 0.493 e.